The van der Waals surface area contributed by atoms with Crippen LogP contribution in [-0.4, -0.2) is 28.7 Å². The lowest BCUT2D eigenvalue weighted by Gasteiger charge is -2.10. The van der Waals surface area contributed by atoms with E-state index < -0.39 is 5.97 Å². The van der Waals surface area contributed by atoms with Gasteiger partial charge in [0.25, 0.3) is 0 Å². The SMILES string of the molecule is C=CCc1nc(Br)c(C(=O)OCC)n1COCC. The number of esters is 1. The molecule has 6 heteroatoms. The van der Waals surface area contributed by atoms with E-state index in [1.807, 2.05) is 6.92 Å². The van der Waals surface area contributed by atoms with Gasteiger partial charge >= 0.3 is 5.97 Å². The smallest absolute Gasteiger partial charge is 0.357 e. The Labute approximate surface area is 115 Å². The second-order valence-electron chi connectivity index (χ2n) is 3.43. The van der Waals surface area contributed by atoms with Gasteiger partial charge in [-0.1, -0.05) is 6.08 Å². The Balaban J connectivity index is 3.11. The van der Waals surface area contributed by atoms with Crippen molar-refractivity contribution in [3.05, 3.63) is 28.8 Å². The molecule has 1 aromatic rings. The van der Waals surface area contributed by atoms with E-state index in [9.17, 15) is 4.79 Å². The molecule has 0 aliphatic carbocycles. The minimum atomic E-state index is -0.410. The topological polar surface area (TPSA) is 53.3 Å². The number of ether oxygens (including phenoxy) is 2. The van der Waals surface area contributed by atoms with Gasteiger partial charge in [0.15, 0.2) is 5.69 Å². The van der Waals surface area contributed by atoms with Crippen LogP contribution in [0, 0.1) is 0 Å². The minimum absolute atomic E-state index is 0.270. The fraction of sp³-hybridized carbons (Fsp3) is 0.500. The van der Waals surface area contributed by atoms with Gasteiger partial charge in [0.2, 0.25) is 0 Å². The maximum atomic E-state index is 11.9. The first kappa shape index (κ1) is 14.9. The quantitative estimate of drug-likeness (QED) is 0.573. The van der Waals surface area contributed by atoms with Crippen LogP contribution in [0.1, 0.15) is 30.2 Å². The summed E-state index contributed by atoms with van der Waals surface area (Å²) in [7, 11) is 0. The fourth-order valence-corrected chi connectivity index (χ4v) is 2.05. The lowest BCUT2D eigenvalue weighted by molar-refractivity contribution is 0.0469. The fourth-order valence-electron chi connectivity index (χ4n) is 1.47. The van der Waals surface area contributed by atoms with Crippen LogP contribution in [0.5, 0.6) is 0 Å². The highest BCUT2D eigenvalue weighted by atomic mass is 79.9. The molecule has 0 aliphatic heterocycles. The number of aromatic nitrogens is 2. The van der Waals surface area contributed by atoms with Crippen molar-refractivity contribution in [1.29, 1.82) is 0 Å². The number of carbonyl (C=O) groups is 1. The summed E-state index contributed by atoms with van der Waals surface area (Å²) in [5.41, 5.74) is 0.377. The molecule has 0 saturated carbocycles. The van der Waals surface area contributed by atoms with Gasteiger partial charge in [-0.3, -0.25) is 4.57 Å². The minimum Gasteiger partial charge on any atom is -0.461 e. The van der Waals surface area contributed by atoms with Crippen molar-refractivity contribution in [3.63, 3.8) is 0 Å². The first-order valence-corrected chi connectivity index (χ1v) is 6.55. The number of carbonyl (C=O) groups excluding carboxylic acids is 1. The van der Waals surface area contributed by atoms with Crippen molar-refractivity contribution in [3.8, 4) is 0 Å². The Bertz CT molecular complexity index is 429. The van der Waals surface area contributed by atoms with Crippen molar-refractivity contribution in [1.82, 2.24) is 9.55 Å². The van der Waals surface area contributed by atoms with E-state index in [-0.39, 0.29) is 6.73 Å². The van der Waals surface area contributed by atoms with E-state index in [1.54, 1.807) is 17.6 Å². The Morgan fingerprint density at radius 3 is 2.78 bits per heavy atom. The monoisotopic (exact) mass is 316 g/mol. The van der Waals surface area contributed by atoms with E-state index >= 15 is 0 Å². The highest BCUT2D eigenvalue weighted by Gasteiger charge is 2.22. The first-order valence-electron chi connectivity index (χ1n) is 5.76. The Hall–Kier alpha value is -1.14. The molecule has 0 bridgehead atoms. The summed E-state index contributed by atoms with van der Waals surface area (Å²) >= 11 is 3.28. The van der Waals surface area contributed by atoms with Crippen molar-refractivity contribution < 1.29 is 14.3 Å². The van der Waals surface area contributed by atoms with Crippen LogP contribution in [-0.2, 0) is 22.6 Å². The molecule has 18 heavy (non-hydrogen) atoms. The summed E-state index contributed by atoms with van der Waals surface area (Å²) in [5.74, 6) is 0.306. The molecule has 100 valence electrons. The van der Waals surface area contributed by atoms with Crippen molar-refractivity contribution in [2.75, 3.05) is 13.2 Å². The largest absolute Gasteiger partial charge is 0.461 e. The predicted octanol–water partition coefficient (Wildman–Crippen LogP) is 2.54. The Kier molecular flexibility index (Phi) is 6.07. The van der Waals surface area contributed by atoms with Crippen LogP contribution in [0.2, 0.25) is 0 Å². The Morgan fingerprint density at radius 2 is 2.22 bits per heavy atom. The van der Waals surface area contributed by atoms with Crippen LogP contribution >= 0.6 is 15.9 Å². The normalized spacial score (nSPS) is 10.4. The molecule has 0 spiro atoms. The van der Waals surface area contributed by atoms with Gasteiger partial charge in [-0.25, -0.2) is 9.78 Å². The van der Waals surface area contributed by atoms with Crippen molar-refractivity contribution >= 4 is 21.9 Å². The van der Waals surface area contributed by atoms with Gasteiger partial charge in [0.05, 0.1) is 6.61 Å². The van der Waals surface area contributed by atoms with Crippen molar-refractivity contribution in [2.45, 2.75) is 27.0 Å². The molecule has 1 heterocycles. The lowest BCUT2D eigenvalue weighted by Crippen LogP contribution is -2.16. The molecule has 1 rings (SSSR count). The summed E-state index contributed by atoms with van der Waals surface area (Å²) < 4.78 is 12.5. The van der Waals surface area contributed by atoms with E-state index in [0.29, 0.717) is 35.8 Å². The number of imidazole rings is 1. The van der Waals surface area contributed by atoms with Gasteiger partial charge in [-0.05, 0) is 29.8 Å². The maximum Gasteiger partial charge on any atom is 0.357 e. The number of hydrogen-bond acceptors (Lipinski definition) is 4. The number of nitrogens with zero attached hydrogens (tertiary/aromatic N) is 2. The molecule has 1 aromatic heterocycles. The highest BCUT2D eigenvalue weighted by molar-refractivity contribution is 9.10. The molecule has 0 unspecified atom stereocenters. The third-order valence-electron chi connectivity index (χ3n) is 2.22. The van der Waals surface area contributed by atoms with Crippen molar-refractivity contribution in [2.24, 2.45) is 0 Å². The molecule has 0 saturated heterocycles. The third kappa shape index (κ3) is 3.43. The molecular formula is C12H17BrN2O3. The molecule has 5 nitrogen and oxygen atoms in total. The number of halogens is 1. The summed E-state index contributed by atoms with van der Waals surface area (Å²) in [5, 5.41) is 0. The zero-order chi connectivity index (χ0) is 13.5. The van der Waals surface area contributed by atoms with Crippen LogP contribution in [0.15, 0.2) is 17.3 Å². The summed E-state index contributed by atoms with van der Waals surface area (Å²) in [6.45, 7) is 8.48. The first-order chi connectivity index (χ1) is 8.65. The average Bonchev–Trinajstić information content (AvgIpc) is 2.63. The third-order valence-corrected chi connectivity index (χ3v) is 2.78. The molecule has 0 aliphatic rings. The second kappa shape index (κ2) is 7.33. The molecule has 0 N–H and O–H groups in total. The van der Waals surface area contributed by atoms with Gasteiger partial charge in [0.1, 0.15) is 17.2 Å². The average molecular weight is 317 g/mol. The van der Waals surface area contributed by atoms with Gasteiger partial charge in [-0.15, -0.1) is 6.58 Å². The van der Waals surface area contributed by atoms with E-state index in [1.165, 1.54) is 0 Å². The molecule has 0 amide bonds. The van der Waals surface area contributed by atoms with E-state index in [4.69, 9.17) is 9.47 Å². The molecule has 0 fully saturated rings. The number of rotatable bonds is 7. The summed E-state index contributed by atoms with van der Waals surface area (Å²) in [6.07, 6.45) is 2.29. The van der Waals surface area contributed by atoms with Gasteiger partial charge in [-0.2, -0.15) is 0 Å². The summed E-state index contributed by atoms with van der Waals surface area (Å²) in [4.78, 5) is 16.2. The number of allylic oxidation sites excluding steroid dienone is 1. The van der Waals surface area contributed by atoms with E-state index in [2.05, 4.69) is 27.5 Å². The maximum absolute atomic E-state index is 11.9. The van der Waals surface area contributed by atoms with Crippen LogP contribution in [0.4, 0.5) is 0 Å². The molecule has 0 aromatic carbocycles. The van der Waals surface area contributed by atoms with Gasteiger partial charge in [0, 0.05) is 13.0 Å². The van der Waals surface area contributed by atoms with E-state index in [0.717, 1.165) is 0 Å². The lowest BCUT2D eigenvalue weighted by atomic mass is 10.4. The second-order valence-corrected chi connectivity index (χ2v) is 4.18. The molecular weight excluding hydrogens is 300 g/mol. The molecule has 0 atom stereocenters. The summed E-state index contributed by atoms with van der Waals surface area (Å²) in [6, 6.07) is 0. The Morgan fingerprint density at radius 1 is 1.50 bits per heavy atom. The van der Waals surface area contributed by atoms with Crippen LogP contribution in [0.3, 0.4) is 0 Å². The van der Waals surface area contributed by atoms with Crippen LogP contribution < -0.4 is 0 Å². The molecule has 0 radical (unpaired) electrons. The van der Waals surface area contributed by atoms with Gasteiger partial charge < -0.3 is 9.47 Å². The zero-order valence-corrected chi connectivity index (χ0v) is 12.2. The van der Waals surface area contributed by atoms with Crippen LogP contribution in [0.25, 0.3) is 0 Å². The predicted molar refractivity (Wildman–Crippen MR) is 71.4 cm³/mol. The highest BCUT2D eigenvalue weighted by Crippen LogP contribution is 2.20. The zero-order valence-electron chi connectivity index (χ0n) is 10.6. The number of hydrogen-bond donors (Lipinski definition) is 0. The standard InChI is InChI=1S/C12H17BrN2O3/c1-4-7-9-14-11(13)10(12(16)18-6-3)15(9)8-17-5-2/h4H,1,5-8H2,2-3H3.